The van der Waals surface area contributed by atoms with E-state index < -0.39 is 17.0 Å². The van der Waals surface area contributed by atoms with Crippen LogP contribution in [0.4, 0.5) is 13.2 Å². The molecule has 1 heterocycles. The Kier molecular flexibility index (Phi) is 5.94. The number of pyridine rings is 1. The van der Waals surface area contributed by atoms with Gasteiger partial charge in [0, 0.05) is 11.8 Å². The summed E-state index contributed by atoms with van der Waals surface area (Å²) in [6.07, 6.45) is -3.67. The van der Waals surface area contributed by atoms with Crippen molar-refractivity contribution in [1.82, 2.24) is 4.98 Å². The average Bonchev–Trinajstić information content (AvgIpc) is 2.60. The molecule has 0 amide bonds. The van der Waals surface area contributed by atoms with E-state index in [1.165, 1.54) is 20.3 Å². The van der Waals surface area contributed by atoms with Crippen molar-refractivity contribution in [3.8, 4) is 11.5 Å². The van der Waals surface area contributed by atoms with Crippen LogP contribution in [0.1, 0.15) is 22.8 Å². The van der Waals surface area contributed by atoms with E-state index in [9.17, 15) is 18.0 Å². The van der Waals surface area contributed by atoms with Crippen LogP contribution >= 0.6 is 11.8 Å². The minimum absolute atomic E-state index is 0.187. The quantitative estimate of drug-likeness (QED) is 0.553. The first-order valence-corrected chi connectivity index (χ1v) is 8.10. The molecular weight excluding hydrogens is 355 g/mol. The molecule has 0 aliphatic carbocycles. The van der Waals surface area contributed by atoms with Gasteiger partial charge in [-0.2, -0.15) is 13.2 Å². The van der Waals surface area contributed by atoms with Gasteiger partial charge in [-0.05, 0) is 37.3 Å². The van der Waals surface area contributed by atoms with Gasteiger partial charge in [-0.25, -0.2) is 4.98 Å². The number of ketones is 1. The van der Waals surface area contributed by atoms with Crippen LogP contribution in [-0.2, 0) is 6.18 Å². The third-order valence-electron chi connectivity index (χ3n) is 3.40. The van der Waals surface area contributed by atoms with Gasteiger partial charge < -0.3 is 9.47 Å². The van der Waals surface area contributed by atoms with Crippen molar-refractivity contribution in [2.75, 3.05) is 14.2 Å². The number of rotatable bonds is 6. The van der Waals surface area contributed by atoms with Crippen LogP contribution in [0.3, 0.4) is 0 Å². The normalized spacial score (nSPS) is 12.6. The molecule has 0 spiro atoms. The molecule has 0 radical (unpaired) electrons. The van der Waals surface area contributed by atoms with Gasteiger partial charge in [-0.3, -0.25) is 4.79 Å². The fourth-order valence-electron chi connectivity index (χ4n) is 2.08. The van der Waals surface area contributed by atoms with Crippen molar-refractivity contribution in [3.05, 3.63) is 47.7 Å². The molecule has 0 bridgehead atoms. The molecule has 134 valence electrons. The van der Waals surface area contributed by atoms with E-state index >= 15 is 0 Å². The summed E-state index contributed by atoms with van der Waals surface area (Å²) in [5, 5.41) is -0.184. The Balaban J connectivity index is 2.12. The van der Waals surface area contributed by atoms with E-state index in [2.05, 4.69) is 4.98 Å². The molecule has 2 rings (SSSR count). The summed E-state index contributed by atoms with van der Waals surface area (Å²) in [4.78, 5) is 16.3. The number of nitrogens with zero attached hydrogens (tertiary/aromatic N) is 1. The van der Waals surface area contributed by atoms with Crippen molar-refractivity contribution in [3.63, 3.8) is 0 Å². The molecule has 1 aromatic carbocycles. The topological polar surface area (TPSA) is 48.4 Å². The first-order chi connectivity index (χ1) is 11.8. The summed E-state index contributed by atoms with van der Waals surface area (Å²) < 4.78 is 47.9. The van der Waals surface area contributed by atoms with Crippen molar-refractivity contribution < 1.29 is 27.4 Å². The van der Waals surface area contributed by atoms with Crippen LogP contribution in [0.15, 0.2) is 41.6 Å². The monoisotopic (exact) mass is 371 g/mol. The number of halogens is 3. The Labute approximate surface area is 147 Å². The third-order valence-corrected chi connectivity index (χ3v) is 4.45. The zero-order chi connectivity index (χ0) is 18.6. The second kappa shape index (κ2) is 7.77. The van der Waals surface area contributed by atoms with Gasteiger partial charge >= 0.3 is 6.18 Å². The van der Waals surface area contributed by atoms with E-state index in [0.717, 1.165) is 24.0 Å². The molecule has 0 N–H and O–H groups in total. The number of Topliss-reactive ketones (excluding diaryl/α,β-unsaturated/α-hetero) is 1. The number of ether oxygens (including phenoxy) is 2. The number of carbonyl (C=O) groups is 1. The minimum Gasteiger partial charge on any atom is -0.493 e. The predicted octanol–water partition coefficient (Wildman–Crippen LogP) is 4.48. The van der Waals surface area contributed by atoms with Crippen LogP contribution in [0.2, 0.25) is 0 Å². The van der Waals surface area contributed by atoms with Gasteiger partial charge in [-0.1, -0.05) is 11.8 Å². The van der Waals surface area contributed by atoms with Gasteiger partial charge in [0.2, 0.25) is 0 Å². The maximum Gasteiger partial charge on any atom is 0.417 e. The number of methoxy groups -OCH3 is 2. The summed E-state index contributed by atoms with van der Waals surface area (Å²) >= 11 is 1.09. The summed E-state index contributed by atoms with van der Waals surface area (Å²) in [6, 6.07) is 7.01. The maximum atomic E-state index is 12.5. The highest BCUT2D eigenvalue weighted by molar-refractivity contribution is 8.00. The van der Waals surface area contributed by atoms with E-state index in [4.69, 9.17) is 9.47 Å². The molecule has 25 heavy (non-hydrogen) atoms. The zero-order valence-corrected chi connectivity index (χ0v) is 14.6. The third kappa shape index (κ3) is 4.66. The molecule has 0 aliphatic rings. The Morgan fingerprint density at radius 1 is 1.12 bits per heavy atom. The Bertz CT molecular complexity index is 748. The molecular formula is C17H16F3NO3S. The molecule has 1 unspecified atom stereocenters. The number of alkyl halides is 3. The minimum atomic E-state index is -4.43. The Hall–Kier alpha value is -2.22. The molecule has 0 saturated carbocycles. The number of thioether (sulfide) groups is 1. The molecule has 2 aromatic rings. The van der Waals surface area contributed by atoms with Crippen LogP contribution in [-0.4, -0.2) is 30.2 Å². The van der Waals surface area contributed by atoms with Gasteiger partial charge in [0.15, 0.2) is 17.3 Å². The summed E-state index contributed by atoms with van der Waals surface area (Å²) in [6.45, 7) is 1.67. The maximum absolute atomic E-state index is 12.5. The smallest absolute Gasteiger partial charge is 0.417 e. The molecule has 0 saturated heterocycles. The van der Waals surface area contributed by atoms with Crippen molar-refractivity contribution >= 4 is 17.5 Å². The van der Waals surface area contributed by atoms with Crippen LogP contribution < -0.4 is 9.47 Å². The number of hydrogen-bond donors (Lipinski definition) is 0. The van der Waals surface area contributed by atoms with Crippen LogP contribution in [0.25, 0.3) is 0 Å². The highest BCUT2D eigenvalue weighted by Crippen LogP contribution is 2.32. The first-order valence-electron chi connectivity index (χ1n) is 7.22. The first kappa shape index (κ1) is 19.1. The van der Waals surface area contributed by atoms with E-state index in [1.54, 1.807) is 25.1 Å². The molecule has 4 nitrogen and oxygen atoms in total. The summed E-state index contributed by atoms with van der Waals surface area (Å²) in [5.74, 6) is 0.745. The van der Waals surface area contributed by atoms with Gasteiger partial charge in [0.1, 0.15) is 0 Å². The summed E-state index contributed by atoms with van der Waals surface area (Å²) in [5.41, 5.74) is -0.403. The standard InChI is InChI=1S/C17H16F3NO3S/c1-10(25-15-7-5-12(9-21-15)17(18,19)20)16(22)11-4-6-13(23-2)14(8-11)24-3/h4-10H,1-3H3. The second-order valence-corrected chi connectivity index (χ2v) is 6.44. The van der Waals surface area contributed by atoms with Gasteiger partial charge in [-0.15, -0.1) is 0 Å². The fourth-order valence-corrected chi connectivity index (χ4v) is 2.94. The van der Waals surface area contributed by atoms with Crippen molar-refractivity contribution in [2.24, 2.45) is 0 Å². The Morgan fingerprint density at radius 3 is 2.32 bits per heavy atom. The van der Waals surface area contributed by atoms with E-state index in [1.807, 2.05) is 0 Å². The predicted molar refractivity (Wildman–Crippen MR) is 88.4 cm³/mol. The fraction of sp³-hybridized carbons (Fsp3) is 0.294. The zero-order valence-electron chi connectivity index (χ0n) is 13.8. The lowest BCUT2D eigenvalue weighted by molar-refractivity contribution is -0.137. The van der Waals surface area contributed by atoms with E-state index in [0.29, 0.717) is 22.1 Å². The average molecular weight is 371 g/mol. The second-order valence-electron chi connectivity index (χ2n) is 5.08. The lowest BCUT2D eigenvalue weighted by Gasteiger charge is -2.13. The molecule has 0 aliphatic heterocycles. The van der Waals surface area contributed by atoms with Crippen LogP contribution in [0, 0.1) is 0 Å². The molecule has 1 aromatic heterocycles. The van der Waals surface area contributed by atoms with Gasteiger partial charge in [0.25, 0.3) is 0 Å². The SMILES string of the molecule is COc1ccc(C(=O)C(C)Sc2ccc(C(F)(F)F)cn2)cc1OC. The van der Waals surface area contributed by atoms with Crippen LogP contribution in [0.5, 0.6) is 11.5 Å². The number of aromatic nitrogens is 1. The lowest BCUT2D eigenvalue weighted by atomic mass is 10.1. The largest absolute Gasteiger partial charge is 0.493 e. The molecule has 1 atom stereocenters. The van der Waals surface area contributed by atoms with Crippen molar-refractivity contribution in [1.29, 1.82) is 0 Å². The molecule has 0 fully saturated rings. The highest BCUT2D eigenvalue weighted by atomic mass is 32.2. The lowest BCUT2D eigenvalue weighted by Crippen LogP contribution is -2.14. The number of carbonyl (C=O) groups excluding carboxylic acids is 1. The highest BCUT2D eigenvalue weighted by Gasteiger charge is 2.30. The van der Waals surface area contributed by atoms with Gasteiger partial charge in [0.05, 0.1) is 30.1 Å². The Morgan fingerprint density at radius 2 is 1.80 bits per heavy atom. The number of benzene rings is 1. The molecule has 8 heteroatoms. The van der Waals surface area contributed by atoms with E-state index in [-0.39, 0.29) is 5.78 Å². The summed E-state index contributed by atoms with van der Waals surface area (Å²) in [7, 11) is 2.96. The van der Waals surface area contributed by atoms with Crippen molar-refractivity contribution in [2.45, 2.75) is 23.4 Å². The number of hydrogen-bond acceptors (Lipinski definition) is 5.